The third-order valence-corrected chi connectivity index (χ3v) is 4.84. The standard InChI is InChI=1S/C19H16IN5/c20-11-13-2-1-3-16(10-13)23-19-18(14-4-6-15(21)7-5-14)24-17-12-22-8-9-25(17)19/h1-10,12,23H,11,21H2. The Morgan fingerprint density at radius 3 is 2.76 bits per heavy atom. The molecule has 3 N–H and O–H groups in total. The van der Waals surface area contributed by atoms with E-state index in [0.717, 1.165) is 38.5 Å². The van der Waals surface area contributed by atoms with Crippen LogP contribution in [-0.2, 0) is 4.43 Å². The van der Waals surface area contributed by atoms with Crippen molar-refractivity contribution in [3.05, 3.63) is 72.7 Å². The fourth-order valence-electron chi connectivity index (χ4n) is 2.74. The van der Waals surface area contributed by atoms with Gasteiger partial charge in [-0.15, -0.1) is 0 Å². The maximum atomic E-state index is 5.82. The molecule has 4 aromatic rings. The Labute approximate surface area is 159 Å². The first-order chi connectivity index (χ1) is 12.2. The highest BCUT2D eigenvalue weighted by atomic mass is 127. The number of aromatic nitrogens is 3. The molecule has 2 aromatic heterocycles. The molecule has 0 fully saturated rings. The normalized spacial score (nSPS) is 10.9. The van der Waals surface area contributed by atoms with Crippen molar-refractivity contribution in [2.45, 2.75) is 4.43 Å². The monoisotopic (exact) mass is 441 g/mol. The number of nitrogens with one attached hydrogen (secondary N) is 1. The molecule has 0 spiro atoms. The molecule has 124 valence electrons. The Morgan fingerprint density at radius 1 is 1.12 bits per heavy atom. The molecule has 0 radical (unpaired) electrons. The Kier molecular flexibility index (Phi) is 4.27. The van der Waals surface area contributed by atoms with Crippen molar-refractivity contribution in [2.24, 2.45) is 0 Å². The number of nitrogen functional groups attached to an aromatic ring is 1. The first kappa shape index (κ1) is 15.9. The van der Waals surface area contributed by atoms with Crippen molar-refractivity contribution in [3.63, 3.8) is 0 Å². The van der Waals surface area contributed by atoms with Crippen LogP contribution in [0.3, 0.4) is 0 Å². The summed E-state index contributed by atoms with van der Waals surface area (Å²) in [6, 6.07) is 16.1. The minimum absolute atomic E-state index is 0.735. The third kappa shape index (κ3) is 3.17. The number of hydrogen-bond acceptors (Lipinski definition) is 4. The van der Waals surface area contributed by atoms with Gasteiger partial charge in [-0.2, -0.15) is 0 Å². The summed E-state index contributed by atoms with van der Waals surface area (Å²) in [5, 5.41) is 3.52. The average Bonchev–Trinajstić information content (AvgIpc) is 3.01. The number of halogens is 1. The second-order valence-electron chi connectivity index (χ2n) is 5.69. The van der Waals surface area contributed by atoms with Crippen molar-refractivity contribution in [1.29, 1.82) is 0 Å². The number of nitrogens with zero attached hydrogens (tertiary/aromatic N) is 3. The lowest BCUT2D eigenvalue weighted by atomic mass is 10.1. The Hall–Kier alpha value is -2.61. The zero-order chi connectivity index (χ0) is 17.2. The van der Waals surface area contributed by atoms with E-state index in [4.69, 9.17) is 10.7 Å². The number of imidazole rings is 1. The minimum atomic E-state index is 0.735. The van der Waals surface area contributed by atoms with E-state index < -0.39 is 0 Å². The van der Waals surface area contributed by atoms with Crippen molar-refractivity contribution in [1.82, 2.24) is 14.4 Å². The van der Waals surface area contributed by atoms with E-state index in [2.05, 4.69) is 57.2 Å². The number of benzene rings is 2. The zero-order valence-electron chi connectivity index (χ0n) is 13.4. The van der Waals surface area contributed by atoms with Gasteiger partial charge in [-0.25, -0.2) is 4.98 Å². The molecule has 0 amide bonds. The van der Waals surface area contributed by atoms with Gasteiger partial charge in [0, 0.05) is 33.8 Å². The number of fused-ring (bicyclic) bond motifs is 1. The van der Waals surface area contributed by atoms with Gasteiger partial charge in [0.1, 0.15) is 11.5 Å². The third-order valence-electron chi connectivity index (χ3n) is 3.96. The molecule has 25 heavy (non-hydrogen) atoms. The van der Waals surface area contributed by atoms with E-state index in [0.29, 0.717) is 0 Å². The zero-order valence-corrected chi connectivity index (χ0v) is 15.5. The summed E-state index contributed by atoms with van der Waals surface area (Å²) in [5.74, 6) is 0.910. The summed E-state index contributed by atoms with van der Waals surface area (Å²) in [7, 11) is 0. The van der Waals surface area contributed by atoms with Gasteiger partial charge in [0.15, 0.2) is 5.65 Å². The van der Waals surface area contributed by atoms with Crippen LogP contribution in [0.1, 0.15) is 5.56 Å². The van der Waals surface area contributed by atoms with Crippen LogP contribution in [0.4, 0.5) is 17.2 Å². The molecule has 0 bridgehead atoms. The lowest BCUT2D eigenvalue weighted by Gasteiger charge is -2.10. The van der Waals surface area contributed by atoms with E-state index in [9.17, 15) is 0 Å². The van der Waals surface area contributed by atoms with Crippen LogP contribution < -0.4 is 11.1 Å². The van der Waals surface area contributed by atoms with Crippen molar-refractivity contribution < 1.29 is 0 Å². The van der Waals surface area contributed by atoms with Crippen LogP contribution in [0.25, 0.3) is 16.9 Å². The van der Waals surface area contributed by atoms with Crippen LogP contribution in [0.15, 0.2) is 67.1 Å². The summed E-state index contributed by atoms with van der Waals surface area (Å²) < 4.78 is 2.98. The molecular formula is C19H16IN5. The number of alkyl halides is 1. The highest BCUT2D eigenvalue weighted by Crippen LogP contribution is 2.31. The molecule has 0 unspecified atom stereocenters. The Morgan fingerprint density at radius 2 is 1.96 bits per heavy atom. The summed E-state index contributed by atoms with van der Waals surface area (Å²) in [4.78, 5) is 8.92. The summed E-state index contributed by atoms with van der Waals surface area (Å²) in [6.07, 6.45) is 5.43. The van der Waals surface area contributed by atoms with Gasteiger partial charge in [-0.3, -0.25) is 9.38 Å². The second kappa shape index (κ2) is 6.72. The molecule has 5 nitrogen and oxygen atoms in total. The van der Waals surface area contributed by atoms with Crippen LogP contribution in [0.5, 0.6) is 0 Å². The molecule has 0 aliphatic rings. The van der Waals surface area contributed by atoms with E-state index in [1.165, 1.54) is 5.56 Å². The smallest absolute Gasteiger partial charge is 0.157 e. The molecule has 0 saturated heterocycles. The van der Waals surface area contributed by atoms with E-state index >= 15 is 0 Å². The molecule has 0 aliphatic heterocycles. The number of anilines is 3. The van der Waals surface area contributed by atoms with E-state index in [1.54, 1.807) is 12.4 Å². The Bertz CT molecular complexity index is 1020. The maximum absolute atomic E-state index is 5.82. The molecule has 2 aromatic carbocycles. The Balaban J connectivity index is 1.85. The van der Waals surface area contributed by atoms with Crippen LogP contribution in [0.2, 0.25) is 0 Å². The first-order valence-corrected chi connectivity index (χ1v) is 9.37. The molecule has 2 heterocycles. The number of hydrogen-bond donors (Lipinski definition) is 2. The van der Waals surface area contributed by atoms with Crippen LogP contribution in [0, 0.1) is 0 Å². The quantitative estimate of drug-likeness (QED) is 0.275. The SMILES string of the molecule is Nc1ccc(-c2nc3cnccn3c2Nc2cccc(CI)c2)cc1. The summed E-state index contributed by atoms with van der Waals surface area (Å²) in [5.41, 5.74) is 11.5. The van der Waals surface area contributed by atoms with Gasteiger partial charge in [0.25, 0.3) is 0 Å². The van der Waals surface area contributed by atoms with Gasteiger partial charge in [0.2, 0.25) is 0 Å². The highest BCUT2D eigenvalue weighted by Gasteiger charge is 2.14. The highest BCUT2D eigenvalue weighted by molar-refractivity contribution is 14.1. The van der Waals surface area contributed by atoms with Crippen molar-refractivity contribution in [3.8, 4) is 11.3 Å². The predicted octanol–water partition coefficient (Wildman–Crippen LogP) is 4.66. The molecule has 4 rings (SSSR count). The average molecular weight is 441 g/mol. The number of nitrogens with two attached hydrogens (primary N) is 1. The fraction of sp³-hybridized carbons (Fsp3) is 0.0526. The fourth-order valence-corrected chi connectivity index (χ4v) is 3.21. The molecule has 0 saturated carbocycles. The number of rotatable bonds is 4. The summed E-state index contributed by atoms with van der Waals surface area (Å²) in [6.45, 7) is 0. The molecule has 0 aliphatic carbocycles. The summed E-state index contributed by atoms with van der Waals surface area (Å²) >= 11 is 2.37. The maximum Gasteiger partial charge on any atom is 0.157 e. The van der Waals surface area contributed by atoms with Crippen molar-refractivity contribution >= 4 is 45.4 Å². The second-order valence-corrected chi connectivity index (χ2v) is 6.46. The topological polar surface area (TPSA) is 68.2 Å². The molecular weight excluding hydrogens is 425 g/mol. The largest absolute Gasteiger partial charge is 0.399 e. The van der Waals surface area contributed by atoms with Crippen LogP contribution in [-0.4, -0.2) is 14.4 Å². The lowest BCUT2D eigenvalue weighted by Crippen LogP contribution is -1.97. The molecule has 6 heteroatoms. The molecule has 0 atom stereocenters. The van der Waals surface area contributed by atoms with E-state index in [-0.39, 0.29) is 0 Å². The van der Waals surface area contributed by atoms with Gasteiger partial charge in [0.05, 0.1) is 6.20 Å². The van der Waals surface area contributed by atoms with E-state index in [1.807, 2.05) is 34.9 Å². The predicted molar refractivity (Wildman–Crippen MR) is 110 cm³/mol. The lowest BCUT2D eigenvalue weighted by molar-refractivity contribution is 1.13. The van der Waals surface area contributed by atoms with Gasteiger partial charge in [-0.1, -0.05) is 46.9 Å². The van der Waals surface area contributed by atoms with Crippen LogP contribution >= 0.6 is 22.6 Å². The van der Waals surface area contributed by atoms with Gasteiger partial charge >= 0.3 is 0 Å². The minimum Gasteiger partial charge on any atom is -0.399 e. The van der Waals surface area contributed by atoms with Gasteiger partial charge in [-0.05, 0) is 29.8 Å². The van der Waals surface area contributed by atoms with Crippen molar-refractivity contribution in [2.75, 3.05) is 11.1 Å². The van der Waals surface area contributed by atoms with Gasteiger partial charge < -0.3 is 11.1 Å². The first-order valence-electron chi connectivity index (χ1n) is 7.84.